The molecule has 0 aliphatic rings. The van der Waals surface area contributed by atoms with Gasteiger partial charge in [-0.1, -0.05) is 0 Å². The molecule has 0 amide bonds. The van der Waals surface area contributed by atoms with Gasteiger partial charge in [-0.3, -0.25) is 0 Å². The van der Waals surface area contributed by atoms with Crippen LogP contribution in [0, 0.1) is 6.92 Å². The van der Waals surface area contributed by atoms with Gasteiger partial charge in [0.25, 0.3) is 0 Å². The molecule has 96 valence electrons. The summed E-state index contributed by atoms with van der Waals surface area (Å²) in [5.41, 5.74) is 7.76. The molecule has 0 fully saturated rings. The number of anilines is 2. The number of aliphatic hydroxyl groups is 1. The van der Waals surface area contributed by atoms with E-state index in [2.05, 4.69) is 15.4 Å². The van der Waals surface area contributed by atoms with E-state index in [1.54, 1.807) is 10.7 Å². The molecule has 0 unspecified atom stereocenters. The molecule has 2 heterocycles. The molecular formula is C9H15Cl2N5O. The lowest BCUT2D eigenvalue weighted by molar-refractivity contribution is 0.311. The molecule has 6 nitrogen and oxygen atoms in total. The van der Waals surface area contributed by atoms with Gasteiger partial charge < -0.3 is 16.2 Å². The van der Waals surface area contributed by atoms with Crippen LogP contribution in [0.15, 0.2) is 12.3 Å². The second-order valence-corrected chi connectivity index (χ2v) is 3.27. The molecule has 2 aromatic rings. The normalized spacial score (nSPS) is 9.53. The molecule has 0 aliphatic carbocycles. The standard InChI is InChI=1S/C9H13N5O.2ClH/c1-6-4-8(11-2-3-15)14-9(13-6)7(10)5-12-14;;/h4-5,11,15H,2-3,10H2,1H3;2*1H. The summed E-state index contributed by atoms with van der Waals surface area (Å²) in [6.07, 6.45) is 1.56. The first-order valence-corrected chi connectivity index (χ1v) is 4.68. The van der Waals surface area contributed by atoms with Crippen molar-refractivity contribution in [2.45, 2.75) is 6.92 Å². The van der Waals surface area contributed by atoms with Gasteiger partial charge in [-0.25, -0.2) is 4.98 Å². The summed E-state index contributed by atoms with van der Waals surface area (Å²) in [6, 6.07) is 1.86. The smallest absolute Gasteiger partial charge is 0.180 e. The van der Waals surface area contributed by atoms with Crippen molar-refractivity contribution in [1.29, 1.82) is 0 Å². The summed E-state index contributed by atoms with van der Waals surface area (Å²) in [4.78, 5) is 4.28. The second kappa shape index (κ2) is 6.48. The Balaban J connectivity index is 0.00000128. The fourth-order valence-electron chi connectivity index (χ4n) is 1.41. The Hall–Kier alpha value is -1.24. The van der Waals surface area contributed by atoms with Crippen molar-refractivity contribution < 1.29 is 5.11 Å². The summed E-state index contributed by atoms with van der Waals surface area (Å²) < 4.78 is 1.62. The molecule has 0 saturated heterocycles. The zero-order valence-electron chi connectivity index (χ0n) is 9.25. The minimum absolute atomic E-state index is 0. The van der Waals surface area contributed by atoms with E-state index in [1.165, 1.54) is 0 Å². The van der Waals surface area contributed by atoms with E-state index >= 15 is 0 Å². The van der Waals surface area contributed by atoms with Crippen LogP contribution >= 0.6 is 24.8 Å². The average Bonchev–Trinajstić information content (AvgIpc) is 2.57. The highest BCUT2D eigenvalue weighted by Gasteiger charge is 2.06. The molecule has 0 aliphatic heterocycles. The summed E-state index contributed by atoms with van der Waals surface area (Å²) in [6.45, 7) is 2.43. The largest absolute Gasteiger partial charge is 0.395 e. The number of nitrogen functional groups attached to an aromatic ring is 1. The molecule has 0 spiro atoms. The summed E-state index contributed by atoms with van der Waals surface area (Å²) in [5, 5.41) is 15.9. The molecule has 2 rings (SSSR count). The molecule has 8 heteroatoms. The Bertz CT molecular complexity index is 487. The number of hydrogen-bond donors (Lipinski definition) is 3. The van der Waals surface area contributed by atoms with Gasteiger partial charge in [0.15, 0.2) is 5.65 Å². The third-order valence-corrected chi connectivity index (χ3v) is 2.05. The third-order valence-electron chi connectivity index (χ3n) is 2.05. The molecule has 2 aromatic heterocycles. The maximum atomic E-state index is 8.74. The van der Waals surface area contributed by atoms with Crippen LogP contribution in [0.4, 0.5) is 11.5 Å². The summed E-state index contributed by atoms with van der Waals surface area (Å²) in [7, 11) is 0. The van der Waals surface area contributed by atoms with Gasteiger partial charge in [0, 0.05) is 18.3 Å². The van der Waals surface area contributed by atoms with Crippen molar-refractivity contribution in [1.82, 2.24) is 14.6 Å². The Morgan fingerprint density at radius 3 is 2.82 bits per heavy atom. The van der Waals surface area contributed by atoms with Crippen LogP contribution in [0.25, 0.3) is 5.65 Å². The van der Waals surface area contributed by atoms with Gasteiger partial charge in [0.05, 0.1) is 18.5 Å². The summed E-state index contributed by atoms with van der Waals surface area (Å²) >= 11 is 0. The lowest BCUT2D eigenvalue weighted by Crippen LogP contribution is -2.10. The molecule has 17 heavy (non-hydrogen) atoms. The maximum absolute atomic E-state index is 8.74. The molecule has 0 atom stereocenters. The van der Waals surface area contributed by atoms with Gasteiger partial charge >= 0.3 is 0 Å². The third kappa shape index (κ3) is 3.12. The molecule has 0 bridgehead atoms. The Morgan fingerprint density at radius 2 is 2.18 bits per heavy atom. The van der Waals surface area contributed by atoms with E-state index in [9.17, 15) is 0 Å². The highest BCUT2D eigenvalue weighted by molar-refractivity contribution is 5.85. The first kappa shape index (κ1) is 15.8. The van der Waals surface area contributed by atoms with Crippen molar-refractivity contribution in [3.8, 4) is 0 Å². The predicted molar refractivity (Wildman–Crippen MR) is 72.2 cm³/mol. The van der Waals surface area contributed by atoms with Gasteiger partial charge in [0.2, 0.25) is 0 Å². The van der Waals surface area contributed by atoms with Crippen LogP contribution in [0.5, 0.6) is 0 Å². The van der Waals surface area contributed by atoms with Crippen LogP contribution in [-0.2, 0) is 0 Å². The molecule has 0 aromatic carbocycles. The highest BCUT2D eigenvalue weighted by Crippen LogP contribution is 2.16. The Kier molecular flexibility index (Phi) is 6.01. The lowest BCUT2D eigenvalue weighted by Gasteiger charge is -2.07. The number of aliphatic hydroxyl groups excluding tert-OH is 1. The van der Waals surface area contributed by atoms with Crippen LogP contribution < -0.4 is 11.1 Å². The van der Waals surface area contributed by atoms with Crippen LogP contribution in [0.3, 0.4) is 0 Å². The molecular weight excluding hydrogens is 265 g/mol. The number of aromatic nitrogens is 3. The van der Waals surface area contributed by atoms with E-state index in [0.29, 0.717) is 17.9 Å². The van der Waals surface area contributed by atoms with Crippen molar-refractivity contribution in [2.75, 3.05) is 24.2 Å². The minimum Gasteiger partial charge on any atom is -0.395 e. The molecule has 0 saturated carbocycles. The quantitative estimate of drug-likeness (QED) is 0.776. The van der Waals surface area contributed by atoms with Crippen LogP contribution in [-0.4, -0.2) is 32.9 Å². The first-order chi connectivity index (χ1) is 7.22. The van der Waals surface area contributed by atoms with Crippen molar-refractivity contribution >= 4 is 42.0 Å². The Labute approximate surface area is 111 Å². The van der Waals surface area contributed by atoms with Crippen molar-refractivity contribution in [3.05, 3.63) is 18.0 Å². The van der Waals surface area contributed by atoms with Gasteiger partial charge in [-0.05, 0) is 6.92 Å². The average molecular weight is 280 g/mol. The van der Waals surface area contributed by atoms with E-state index in [0.717, 1.165) is 11.5 Å². The van der Waals surface area contributed by atoms with Crippen LogP contribution in [0.2, 0.25) is 0 Å². The van der Waals surface area contributed by atoms with E-state index in [1.807, 2.05) is 13.0 Å². The van der Waals surface area contributed by atoms with E-state index < -0.39 is 0 Å². The highest BCUT2D eigenvalue weighted by atomic mass is 35.5. The fraction of sp³-hybridized carbons (Fsp3) is 0.333. The number of nitrogens with two attached hydrogens (primary N) is 1. The number of aryl methyl sites for hydroxylation is 1. The van der Waals surface area contributed by atoms with E-state index in [4.69, 9.17) is 10.8 Å². The number of fused-ring (bicyclic) bond motifs is 1. The maximum Gasteiger partial charge on any atom is 0.180 e. The first-order valence-electron chi connectivity index (χ1n) is 4.68. The number of hydrogen-bond acceptors (Lipinski definition) is 5. The number of halogens is 2. The summed E-state index contributed by atoms with van der Waals surface area (Å²) in [5.74, 6) is 0.781. The van der Waals surface area contributed by atoms with Gasteiger partial charge in [-0.15, -0.1) is 24.8 Å². The Morgan fingerprint density at radius 1 is 1.47 bits per heavy atom. The van der Waals surface area contributed by atoms with Gasteiger partial charge in [-0.2, -0.15) is 9.61 Å². The molecule has 0 radical (unpaired) electrons. The van der Waals surface area contributed by atoms with Crippen LogP contribution in [0.1, 0.15) is 5.69 Å². The van der Waals surface area contributed by atoms with Gasteiger partial charge in [0.1, 0.15) is 5.82 Å². The monoisotopic (exact) mass is 279 g/mol. The van der Waals surface area contributed by atoms with E-state index in [-0.39, 0.29) is 31.4 Å². The SMILES string of the molecule is Cc1cc(NCCO)n2ncc(N)c2n1.Cl.Cl. The minimum atomic E-state index is 0. The number of rotatable bonds is 3. The molecule has 4 N–H and O–H groups in total. The van der Waals surface area contributed by atoms with Crippen molar-refractivity contribution in [2.24, 2.45) is 0 Å². The zero-order chi connectivity index (χ0) is 10.8. The lowest BCUT2D eigenvalue weighted by atomic mass is 10.4. The van der Waals surface area contributed by atoms with Crippen molar-refractivity contribution in [3.63, 3.8) is 0 Å². The fourth-order valence-corrected chi connectivity index (χ4v) is 1.41. The predicted octanol–water partition coefficient (Wildman–Crippen LogP) is 0.868. The number of nitrogens with zero attached hydrogens (tertiary/aromatic N) is 3. The second-order valence-electron chi connectivity index (χ2n) is 3.27. The number of nitrogens with one attached hydrogen (secondary N) is 1. The topological polar surface area (TPSA) is 88.5 Å². The zero-order valence-corrected chi connectivity index (χ0v) is 10.9.